The molecule has 0 spiro atoms. The summed E-state index contributed by atoms with van der Waals surface area (Å²) < 4.78 is 0. The van der Waals surface area contributed by atoms with Crippen LogP contribution in [0.15, 0.2) is 205 Å². The Balaban J connectivity index is 1.01. The first-order chi connectivity index (χ1) is 27.2. The Labute approximate surface area is 326 Å². The van der Waals surface area contributed by atoms with Gasteiger partial charge in [-0.15, -0.1) is 0 Å². The van der Waals surface area contributed by atoms with Gasteiger partial charge in [0, 0.05) is 23.0 Å². The fraction of sp³-hybridized carbons (Fsp3) is 0.185. The summed E-state index contributed by atoms with van der Waals surface area (Å²) in [4.78, 5) is 2.48. The van der Waals surface area contributed by atoms with Crippen LogP contribution in [-0.4, -0.2) is 0 Å². The van der Waals surface area contributed by atoms with Gasteiger partial charge < -0.3 is 4.90 Å². The summed E-state index contributed by atoms with van der Waals surface area (Å²) in [5, 5.41) is 2.68. The number of allylic oxidation sites excluding steroid dienone is 15. The zero-order valence-electron chi connectivity index (χ0n) is 31.7. The largest absolute Gasteiger partial charge is 0.315 e. The Bertz CT molecular complexity index is 2540. The minimum atomic E-state index is -0.372. The van der Waals surface area contributed by atoms with Crippen LogP contribution < -0.4 is 4.90 Å². The number of hydrogen-bond acceptors (Lipinski definition) is 1. The first kappa shape index (κ1) is 33.6. The van der Waals surface area contributed by atoms with Gasteiger partial charge in [-0.25, -0.2) is 0 Å². The standard InChI is InChI=1S/C54H47N/c1-38-13-10-16-43(37-38)41-29-35-48(36-30-41)55(46-19-6-3-7-20-46)47-33-27-40(28-34-47)39-25-31-45(32-26-39)54(44-17-4-2-5-18-44)51-23-9-8-21-49(51)50-22-11-14-42-15-12-24-52(54)53(42)50/h2-4,6,8-17,19,21-29,31-36,38,41H,5,7,18,20,30,37H2,1H3. The van der Waals surface area contributed by atoms with Gasteiger partial charge in [-0.1, -0.05) is 176 Å². The average Bonchev–Trinajstić information content (AvgIpc) is 3.26. The molecule has 0 fully saturated rings. The second-order valence-electron chi connectivity index (χ2n) is 15.9. The number of anilines is 1. The monoisotopic (exact) mass is 709 g/mol. The maximum atomic E-state index is 2.48. The fourth-order valence-corrected chi connectivity index (χ4v) is 10.00. The van der Waals surface area contributed by atoms with E-state index in [2.05, 4.69) is 194 Å². The van der Waals surface area contributed by atoms with Crippen molar-refractivity contribution in [3.05, 3.63) is 221 Å². The molecule has 0 amide bonds. The van der Waals surface area contributed by atoms with Gasteiger partial charge in [-0.05, 0) is 118 Å². The summed E-state index contributed by atoms with van der Waals surface area (Å²) in [5.74, 6) is 1.10. The second kappa shape index (κ2) is 14.1. The minimum absolute atomic E-state index is 0.372. The van der Waals surface area contributed by atoms with Crippen LogP contribution in [0.2, 0.25) is 0 Å². The topological polar surface area (TPSA) is 3.24 Å². The SMILES string of the molecule is CC1C=CC=C(C2C=CC(N(C3=CC=CCC3)c3ccc(-c4ccc(C5(C6=CC=CCC6)c6ccccc6-c6cccc7cccc5c67)cc4)cc3)=CC2)C1. The van der Waals surface area contributed by atoms with Gasteiger partial charge in [0.05, 0.1) is 5.41 Å². The molecule has 1 nitrogen and oxygen atoms in total. The van der Waals surface area contributed by atoms with E-state index < -0.39 is 0 Å². The molecule has 0 radical (unpaired) electrons. The molecule has 0 aromatic heterocycles. The molecule has 5 aliphatic rings. The summed E-state index contributed by atoms with van der Waals surface area (Å²) in [5.41, 5.74) is 15.7. The molecule has 5 aromatic carbocycles. The summed E-state index contributed by atoms with van der Waals surface area (Å²) in [6.45, 7) is 2.32. The molecule has 3 unspecified atom stereocenters. The average molecular weight is 710 g/mol. The quantitative estimate of drug-likeness (QED) is 0.163. The first-order valence-electron chi connectivity index (χ1n) is 20.3. The van der Waals surface area contributed by atoms with E-state index in [4.69, 9.17) is 0 Å². The fourth-order valence-electron chi connectivity index (χ4n) is 10.00. The van der Waals surface area contributed by atoms with Crippen LogP contribution in [-0.2, 0) is 5.41 Å². The molecule has 0 saturated carbocycles. The van der Waals surface area contributed by atoms with Crippen LogP contribution in [0.1, 0.15) is 62.1 Å². The number of benzene rings is 5. The Hall–Kier alpha value is -5.92. The van der Waals surface area contributed by atoms with E-state index in [1.807, 2.05) is 0 Å². The highest BCUT2D eigenvalue weighted by molar-refractivity contribution is 6.04. The number of nitrogens with zero attached hydrogens (tertiary/aromatic N) is 1. The van der Waals surface area contributed by atoms with Crippen molar-refractivity contribution in [2.45, 2.75) is 50.9 Å². The lowest BCUT2D eigenvalue weighted by Crippen LogP contribution is -2.35. The van der Waals surface area contributed by atoms with E-state index in [0.717, 1.165) is 38.5 Å². The van der Waals surface area contributed by atoms with Gasteiger partial charge in [0.1, 0.15) is 0 Å². The van der Waals surface area contributed by atoms with Crippen LogP contribution in [0.4, 0.5) is 5.69 Å². The first-order valence-corrected chi connectivity index (χ1v) is 20.3. The zero-order valence-corrected chi connectivity index (χ0v) is 31.7. The third-order valence-corrected chi connectivity index (χ3v) is 12.6. The van der Waals surface area contributed by atoms with Crippen molar-refractivity contribution in [1.29, 1.82) is 0 Å². The molecule has 0 saturated heterocycles. The molecule has 0 bridgehead atoms. The molecule has 0 aliphatic heterocycles. The Morgan fingerprint density at radius 2 is 1.36 bits per heavy atom. The van der Waals surface area contributed by atoms with Crippen molar-refractivity contribution < 1.29 is 0 Å². The molecule has 1 heteroatoms. The van der Waals surface area contributed by atoms with Gasteiger partial charge >= 0.3 is 0 Å². The molecule has 0 N–H and O–H groups in total. The van der Waals surface area contributed by atoms with Gasteiger partial charge in [0.2, 0.25) is 0 Å². The van der Waals surface area contributed by atoms with Crippen LogP contribution in [0.25, 0.3) is 33.0 Å². The predicted molar refractivity (Wildman–Crippen MR) is 233 cm³/mol. The number of hydrogen-bond donors (Lipinski definition) is 0. The van der Waals surface area contributed by atoms with Crippen molar-refractivity contribution in [3.63, 3.8) is 0 Å². The predicted octanol–water partition coefficient (Wildman–Crippen LogP) is 14.1. The molecule has 268 valence electrons. The van der Waals surface area contributed by atoms with Gasteiger partial charge in [-0.2, -0.15) is 0 Å². The lowest BCUT2D eigenvalue weighted by molar-refractivity contribution is 0.624. The molecule has 3 atom stereocenters. The second-order valence-corrected chi connectivity index (χ2v) is 15.9. The Kier molecular flexibility index (Phi) is 8.59. The molecule has 5 aliphatic carbocycles. The van der Waals surface area contributed by atoms with Crippen molar-refractivity contribution in [3.8, 4) is 22.3 Å². The van der Waals surface area contributed by atoms with E-state index in [1.54, 1.807) is 5.57 Å². The van der Waals surface area contributed by atoms with E-state index in [1.165, 1.54) is 72.4 Å². The summed E-state index contributed by atoms with van der Waals surface area (Å²) in [7, 11) is 0. The lowest BCUT2D eigenvalue weighted by Gasteiger charge is -2.44. The number of rotatable bonds is 7. The van der Waals surface area contributed by atoms with Gasteiger partial charge in [0.25, 0.3) is 0 Å². The van der Waals surface area contributed by atoms with Crippen LogP contribution in [0.5, 0.6) is 0 Å². The van der Waals surface area contributed by atoms with Crippen LogP contribution >= 0.6 is 0 Å². The maximum absolute atomic E-state index is 2.48. The molecule has 5 aromatic rings. The third kappa shape index (κ3) is 5.76. The maximum Gasteiger partial charge on any atom is 0.0676 e. The van der Waals surface area contributed by atoms with Crippen molar-refractivity contribution in [2.75, 3.05) is 4.90 Å². The molecule has 55 heavy (non-hydrogen) atoms. The normalized spacial score (nSPS) is 22.4. The van der Waals surface area contributed by atoms with Crippen molar-refractivity contribution in [1.82, 2.24) is 0 Å². The molecular weight excluding hydrogens is 663 g/mol. The van der Waals surface area contributed by atoms with E-state index in [-0.39, 0.29) is 5.41 Å². The van der Waals surface area contributed by atoms with Gasteiger partial charge in [-0.3, -0.25) is 0 Å². The summed E-state index contributed by atoms with van der Waals surface area (Å²) in [6, 6.07) is 41.6. The van der Waals surface area contributed by atoms with E-state index in [0.29, 0.717) is 11.8 Å². The Morgan fingerprint density at radius 1 is 0.636 bits per heavy atom. The number of fused-ring (bicyclic) bond motifs is 2. The molecule has 10 rings (SSSR count). The summed E-state index contributed by atoms with van der Waals surface area (Å²) in [6.07, 6.45) is 34.3. The highest BCUT2D eigenvalue weighted by Gasteiger charge is 2.45. The summed E-state index contributed by atoms with van der Waals surface area (Å²) >= 11 is 0. The van der Waals surface area contributed by atoms with Crippen molar-refractivity contribution >= 4 is 16.5 Å². The third-order valence-electron chi connectivity index (χ3n) is 12.6. The zero-order chi connectivity index (χ0) is 36.8. The minimum Gasteiger partial charge on any atom is -0.315 e. The van der Waals surface area contributed by atoms with E-state index in [9.17, 15) is 0 Å². The van der Waals surface area contributed by atoms with Crippen LogP contribution in [0, 0.1) is 11.8 Å². The Morgan fingerprint density at radius 3 is 2.09 bits per heavy atom. The van der Waals surface area contributed by atoms with Gasteiger partial charge in [0.15, 0.2) is 0 Å². The van der Waals surface area contributed by atoms with E-state index >= 15 is 0 Å². The highest BCUT2D eigenvalue weighted by Crippen LogP contribution is 2.56. The smallest absolute Gasteiger partial charge is 0.0676 e. The van der Waals surface area contributed by atoms with Crippen molar-refractivity contribution in [2.24, 2.45) is 11.8 Å². The highest BCUT2D eigenvalue weighted by atomic mass is 15.2. The lowest BCUT2D eigenvalue weighted by atomic mass is 9.58. The van der Waals surface area contributed by atoms with Crippen LogP contribution in [0.3, 0.4) is 0 Å². The molecular formula is C54H47N. The molecule has 0 heterocycles.